The van der Waals surface area contributed by atoms with E-state index in [1.165, 1.54) is 16.4 Å². The summed E-state index contributed by atoms with van der Waals surface area (Å²) in [6.07, 6.45) is 7.03. The molecule has 1 amide bonds. The second kappa shape index (κ2) is 9.03. The lowest BCUT2D eigenvalue weighted by Crippen LogP contribution is -2.32. The standard InChI is InChI=1S/C20H24ClN3O3S/c1-15(16-8-10-22-11-9-16)23-20(25)17-6-7-18(21)19(14-17)28(26,27)24-12-4-2-3-5-13-24/h6-11,14-15H,2-5,12-13H2,1H3,(H,23,25). The van der Waals surface area contributed by atoms with Gasteiger partial charge in [0.2, 0.25) is 10.0 Å². The number of carbonyl (C=O) groups is 1. The zero-order valence-corrected chi connectivity index (χ0v) is 17.3. The van der Waals surface area contributed by atoms with Crippen LogP contribution in [0.3, 0.4) is 0 Å². The summed E-state index contributed by atoms with van der Waals surface area (Å²) in [6, 6.07) is 7.79. The molecular formula is C20H24ClN3O3S. The Balaban J connectivity index is 1.83. The summed E-state index contributed by atoms with van der Waals surface area (Å²) in [5.74, 6) is -0.353. The number of amides is 1. The average Bonchev–Trinajstić information content (AvgIpc) is 2.99. The predicted molar refractivity (Wildman–Crippen MR) is 109 cm³/mol. The van der Waals surface area contributed by atoms with Crippen LogP contribution >= 0.6 is 11.6 Å². The first-order valence-electron chi connectivity index (χ1n) is 9.40. The highest BCUT2D eigenvalue weighted by Gasteiger charge is 2.28. The van der Waals surface area contributed by atoms with Gasteiger partial charge in [-0.2, -0.15) is 4.31 Å². The molecule has 0 radical (unpaired) electrons. The maximum absolute atomic E-state index is 13.1. The maximum Gasteiger partial charge on any atom is 0.251 e. The molecule has 2 heterocycles. The molecule has 0 saturated carbocycles. The third-order valence-corrected chi connectivity index (χ3v) is 7.31. The van der Waals surface area contributed by atoms with Gasteiger partial charge in [-0.15, -0.1) is 0 Å². The Morgan fingerprint density at radius 3 is 2.39 bits per heavy atom. The molecule has 0 spiro atoms. The van der Waals surface area contributed by atoms with Crippen molar-refractivity contribution in [2.75, 3.05) is 13.1 Å². The Kier molecular flexibility index (Phi) is 6.69. The smallest absolute Gasteiger partial charge is 0.251 e. The maximum atomic E-state index is 13.1. The average molecular weight is 422 g/mol. The lowest BCUT2D eigenvalue weighted by molar-refractivity contribution is 0.0939. The summed E-state index contributed by atoms with van der Waals surface area (Å²) in [5, 5.41) is 3.01. The molecule has 1 atom stereocenters. The van der Waals surface area contributed by atoms with Crippen LogP contribution in [-0.4, -0.2) is 36.7 Å². The number of sulfonamides is 1. The molecule has 1 unspecified atom stereocenters. The van der Waals surface area contributed by atoms with Crippen LogP contribution < -0.4 is 5.32 Å². The van der Waals surface area contributed by atoms with E-state index in [0.717, 1.165) is 31.2 Å². The Morgan fingerprint density at radius 1 is 1.11 bits per heavy atom. The lowest BCUT2D eigenvalue weighted by Gasteiger charge is -2.21. The quantitative estimate of drug-likeness (QED) is 0.796. The summed E-state index contributed by atoms with van der Waals surface area (Å²) in [5.41, 5.74) is 1.17. The Hall–Kier alpha value is -1.96. The first kappa shape index (κ1) is 20.8. The van der Waals surface area contributed by atoms with Crippen molar-refractivity contribution in [2.45, 2.75) is 43.5 Å². The number of pyridine rings is 1. The van der Waals surface area contributed by atoms with Gasteiger partial charge in [-0.05, 0) is 55.7 Å². The molecule has 1 aliphatic heterocycles. The van der Waals surface area contributed by atoms with Crippen LogP contribution in [0, 0.1) is 0 Å². The lowest BCUT2D eigenvalue weighted by atomic mass is 10.1. The van der Waals surface area contributed by atoms with E-state index in [9.17, 15) is 13.2 Å². The van der Waals surface area contributed by atoms with Crippen LogP contribution in [0.5, 0.6) is 0 Å². The van der Waals surface area contributed by atoms with Crippen molar-refractivity contribution in [1.29, 1.82) is 0 Å². The van der Waals surface area contributed by atoms with E-state index >= 15 is 0 Å². The Bertz CT molecular complexity index is 927. The van der Waals surface area contributed by atoms with Gasteiger partial charge in [-0.1, -0.05) is 24.4 Å². The van der Waals surface area contributed by atoms with Crippen molar-refractivity contribution in [3.8, 4) is 0 Å². The minimum absolute atomic E-state index is 0.0136. The monoisotopic (exact) mass is 421 g/mol. The van der Waals surface area contributed by atoms with Gasteiger partial charge in [-0.3, -0.25) is 9.78 Å². The number of hydrogen-bond acceptors (Lipinski definition) is 4. The number of benzene rings is 1. The van der Waals surface area contributed by atoms with E-state index < -0.39 is 10.0 Å². The van der Waals surface area contributed by atoms with Gasteiger partial charge in [0, 0.05) is 31.0 Å². The molecular weight excluding hydrogens is 398 g/mol. The highest BCUT2D eigenvalue weighted by molar-refractivity contribution is 7.89. The molecule has 8 heteroatoms. The van der Waals surface area contributed by atoms with E-state index in [0.29, 0.717) is 13.1 Å². The number of carbonyl (C=O) groups excluding carboxylic acids is 1. The second-order valence-corrected chi connectivity index (χ2v) is 9.25. The zero-order chi connectivity index (χ0) is 20.1. The first-order chi connectivity index (χ1) is 13.4. The van der Waals surface area contributed by atoms with E-state index in [-0.39, 0.29) is 27.4 Å². The summed E-state index contributed by atoms with van der Waals surface area (Å²) < 4.78 is 27.6. The fraction of sp³-hybridized carbons (Fsp3) is 0.400. The van der Waals surface area contributed by atoms with Crippen LogP contribution in [0.15, 0.2) is 47.6 Å². The number of halogens is 1. The van der Waals surface area contributed by atoms with E-state index in [1.54, 1.807) is 18.5 Å². The van der Waals surface area contributed by atoms with Crippen molar-refractivity contribution in [3.05, 3.63) is 58.9 Å². The molecule has 2 aromatic rings. The highest BCUT2D eigenvalue weighted by Crippen LogP contribution is 2.28. The van der Waals surface area contributed by atoms with Gasteiger partial charge in [0.15, 0.2) is 0 Å². The number of hydrogen-bond donors (Lipinski definition) is 1. The van der Waals surface area contributed by atoms with Gasteiger partial charge in [-0.25, -0.2) is 8.42 Å². The minimum Gasteiger partial charge on any atom is -0.346 e. The molecule has 1 aliphatic rings. The van der Waals surface area contributed by atoms with Gasteiger partial charge in [0.1, 0.15) is 4.90 Å². The van der Waals surface area contributed by atoms with Gasteiger partial charge in [0.25, 0.3) is 5.91 Å². The molecule has 1 fully saturated rings. The molecule has 0 aliphatic carbocycles. The van der Waals surface area contributed by atoms with Crippen LogP contribution in [0.2, 0.25) is 5.02 Å². The minimum atomic E-state index is -3.74. The van der Waals surface area contributed by atoms with E-state index in [2.05, 4.69) is 10.3 Å². The van der Waals surface area contributed by atoms with Crippen molar-refractivity contribution in [3.63, 3.8) is 0 Å². The van der Waals surface area contributed by atoms with E-state index in [1.807, 2.05) is 19.1 Å². The molecule has 1 N–H and O–H groups in total. The Morgan fingerprint density at radius 2 is 1.75 bits per heavy atom. The third kappa shape index (κ3) is 4.71. The molecule has 150 valence electrons. The van der Waals surface area contributed by atoms with Crippen molar-refractivity contribution in [2.24, 2.45) is 0 Å². The van der Waals surface area contributed by atoms with Gasteiger partial charge < -0.3 is 5.32 Å². The van der Waals surface area contributed by atoms with Crippen molar-refractivity contribution >= 4 is 27.5 Å². The van der Waals surface area contributed by atoms with Gasteiger partial charge in [0.05, 0.1) is 11.1 Å². The molecule has 6 nitrogen and oxygen atoms in total. The highest BCUT2D eigenvalue weighted by atomic mass is 35.5. The fourth-order valence-corrected chi connectivity index (χ4v) is 5.30. The van der Waals surface area contributed by atoms with Crippen molar-refractivity contribution < 1.29 is 13.2 Å². The van der Waals surface area contributed by atoms with Gasteiger partial charge >= 0.3 is 0 Å². The van der Waals surface area contributed by atoms with Crippen LogP contribution in [-0.2, 0) is 10.0 Å². The summed E-state index contributed by atoms with van der Waals surface area (Å²) >= 11 is 6.20. The fourth-order valence-electron chi connectivity index (χ4n) is 3.28. The second-order valence-electron chi connectivity index (χ2n) is 6.94. The first-order valence-corrected chi connectivity index (χ1v) is 11.2. The largest absolute Gasteiger partial charge is 0.346 e. The summed E-state index contributed by atoms with van der Waals surface area (Å²) in [4.78, 5) is 16.6. The zero-order valence-electron chi connectivity index (χ0n) is 15.8. The SMILES string of the molecule is CC(NC(=O)c1ccc(Cl)c(S(=O)(=O)N2CCCCCC2)c1)c1ccncc1. The molecule has 3 rings (SSSR count). The summed E-state index contributed by atoms with van der Waals surface area (Å²) in [6.45, 7) is 2.82. The summed E-state index contributed by atoms with van der Waals surface area (Å²) in [7, 11) is -3.74. The molecule has 1 aromatic carbocycles. The predicted octanol–water partition coefficient (Wildman–Crippen LogP) is 3.79. The normalized spacial score (nSPS) is 16.9. The molecule has 28 heavy (non-hydrogen) atoms. The topological polar surface area (TPSA) is 79.4 Å². The third-order valence-electron chi connectivity index (χ3n) is 4.93. The molecule has 0 bridgehead atoms. The molecule has 1 saturated heterocycles. The number of aromatic nitrogens is 1. The number of nitrogens with zero attached hydrogens (tertiary/aromatic N) is 2. The van der Waals surface area contributed by atoms with Crippen LogP contribution in [0.4, 0.5) is 0 Å². The van der Waals surface area contributed by atoms with Crippen molar-refractivity contribution in [1.82, 2.24) is 14.6 Å². The van der Waals surface area contributed by atoms with E-state index in [4.69, 9.17) is 11.6 Å². The van der Waals surface area contributed by atoms with Crippen LogP contribution in [0.25, 0.3) is 0 Å². The Labute approximate surface area is 171 Å². The van der Waals surface area contributed by atoms with Crippen LogP contribution in [0.1, 0.15) is 54.6 Å². The number of rotatable bonds is 5. The number of nitrogens with one attached hydrogen (secondary N) is 1. The molecule has 1 aromatic heterocycles.